The third-order valence-corrected chi connectivity index (χ3v) is 8.98. The third-order valence-electron chi connectivity index (χ3n) is 6.95. The average Bonchev–Trinajstić information content (AvgIpc) is 3.36. The minimum Gasteiger partial charge on any atom is -0.494 e. The first-order valence-electron chi connectivity index (χ1n) is 12.8. The SMILES string of the molecule is C[C@@](CCn1cc2cc(-c3ccc(OCCCN4CCOCC4)cc3)ccc2n1)(C(=O)NO)S(C)(=O)=O.O=CO. The molecule has 0 aliphatic carbocycles. The van der Waals surface area contributed by atoms with E-state index >= 15 is 0 Å². The van der Waals surface area contributed by atoms with Crippen molar-refractivity contribution >= 4 is 33.1 Å². The summed E-state index contributed by atoms with van der Waals surface area (Å²) in [5.74, 6) is -0.126. The van der Waals surface area contributed by atoms with E-state index in [1.165, 1.54) is 12.4 Å². The van der Waals surface area contributed by atoms with Gasteiger partial charge in [-0.15, -0.1) is 0 Å². The Morgan fingerprint density at radius 3 is 2.42 bits per heavy atom. The summed E-state index contributed by atoms with van der Waals surface area (Å²) in [6.07, 6.45) is 3.74. The van der Waals surface area contributed by atoms with E-state index in [1.807, 2.05) is 48.7 Å². The zero-order valence-electron chi connectivity index (χ0n) is 22.7. The Morgan fingerprint density at radius 2 is 1.80 bits per heavy atom. The molecule has 1 aliphatic rings. The van der Waals surface area contributed by atoms with Gasteiger partial charge in [-0.25, -0.2) is 13.9 Å². The van der Waals surface area contributed by atoms with Crippen LogP contribution in [0, 0.1) is 0 Å². The number of hydroxylamine groups is 1. The first kappa shape index (κ1) is 31.0. The van der Waals surface area contributed by atoms with Crippen LogP contribution in [0.1, 0.15) is 19.8 Å². The number of rotatable bonds is 11. The highest BCUT2D eigenvalue weighted by Gasteiger charge is 2.43. The Labute approximate surface area is 233 Å². The van der Waals surface area contributed by atoms with Gasteiger partial charge in [0.05, 0.1) is 25.3 Å². The van der Waals surface area contributed by atoms with Gasteiger partial charge >= 0.3 is 0 Å². The molecule has 3 aromatic rings. The highest BCUT2D eigenvalue weighted by Crippen LogP contribution is 2.27. The molecule has 1 aromatic heterocycles. The molecule has 40 heavy (non-hydrogen) atoms. The molecule has 0 unspecified atom stereocenters. The van der Waals surface area contributed by atoms with E-state index in [0.29, 0.717) is 6.61 Å². The number of ether oxygens (including phenoxy) is 2. The number of nitrogens with zero attached hydrogens (tertiary/aromatic N) is 3. The number of benzene rings is 2. The summed E-state index contributed by atoms with van der Waals surface area (Å²) in [5, 5.41) is 21.3. The van der Waals surface area contributed by atoms with Crippen LogP contribution in [0.3, 0.4) is 0 Å². The Bertz CT molecular complexity index is 1370. The van der Waals surface area contributed by atoms with Crippen LogP contribution in [-0.2, 0) is 30.7 Å². The van der Waals surface area contributed by atoms with Gasteiger partial charge in [-0.1, -0.05) is 18.2 Å². The van der Waals surface area contributed by atoms with Crippen molar-refractivity contribution in [3.63, 3.8) is 0 Å². The fourth-order valence-corrected chi connectivity index (χ4v) is 5.18. The lowest BCUT2D eigenvalue weighted by Gasteiger charge is -2.26. The van der Waals surface area contributed by atoms with E-state index in [4.69, 9.17) is 24.6 Å². The molecular formula is C27H36N4O8S. The number of aromatic nitrogens is 2. The number of nitrogens with one attached hydrogen (secondary N) is 1. The maximum absolute atomic E-state index is 12.2. The van der Waals surface area contributed by atoms with Gasteiger partial charge in [-0.3, -0.25) is 24.4 Å². The van der Waals surface area contributed by atoms with E-state index in [9.17, 15) is 13.2 Å². The van der Waals surface area contributed by atoms with Crippen LogP contribution in [-0.4, -0.2) is 96.2 Å². The standard InChI is InChI=1S/C26H34N4O6S.CH2O2/c1-26(25(31)28-32,37(2,33)34)10-12-30-19-22-18-21(6-9-24(22)27-30)20-4-7-23(8-5-20)36-15-3-11-29-13-16-35-17-14-29;2-1-3/h4-9,18-19,32H,3,10-17H2,1-2H3,(H,28,31);1H,(H,2,3)/t26-;/m1./s1. The van der Waals surface area contributed by atoms with Gasteiger partial charge in [0, 0.05) is 44.0 Å². The van der Waals surface area contributed by atoms with Crippen molar-refractivity contribution in [2.75, 3.05) is 45.7 Å². The average molecular weight is 577 g/mol. The van der Waals surface area contributed by atoms with Crippen LogP contribution in [0.5, 0.6) is 5.75 Å². The van der Waals surface area contributed by atoms with Crippen LogP contribution < -0.4 is 10.2 Å². The van der Waals surface area contributed by atoms with Gasteiger partial charge in [0.25, 0.3) is 12.4 Å². The number of amides is 1. The van der Waals surface area contributed by atoms with Crippen LogP contribution in [0.25, 0.3) is 22.0 Å². The van der Waals surface area contributed by atoms with Crippen LogP contribution >= 0.6 is 0 Å². The Hall–Kier alpha value is -3.52. The minimum absolute atomic E-state index is 0.0347. The predicted octanol–water partition coefficient (Wildman–Crippen LogP) is 2.20. The van der Waals surface area contributed by atoms with Gasteiger partial charge in [-0.2, -0.15) is 5.10 Å². The first-order chi connectivity index (χ1) is 19.1. The molecule has 0 bridgehead atoms. The van der Waals surface area contributed by atoms with Crippen molar-refractivity contribution in [3.8, 4) is 16.9 Å². The number of carbonyl (C=O) groups is 2. The maximum Gasteiger partial charge on any atom is 0.290 e. The van der Waals surface area contributed by atoms with Gasteiger partial charge in [0.2, 0.25) is 0 Å². The largest absolute Gasteiger partial charge is 0.494 e. The topological polar surface area (TPSA) is 160 Å². The van der Waals surface area contributed by atoms with E-state index in [2.05, 4.69) is 10.00 Å². The number of sulfone groups is 1. The molecule has 0 saturated carbocycles. The number of aryl methyl sites for hydroxylation is 1. The summed E-state index contributed by atoms with van der Waals surface area (Å²) < 4.78 is 35.5. The number of hydrogen-bond acceptors (Lipinski definition) is 9. The normalized spacial score (nSPS) is 15.5. The van der Waals surface area contributed by atoms with Crippen LogP contribution in [0.15, 0.2) is 48.7 Å². The van der Waals surface area contributed by atoms with Crippen molar-refractivity contribution in [1.82, 2.24) is 20.2 Å². The molecule has 4 rings (SSSR count). The van der Waals surface area contributed by atoms with Gasteiger partial charge in [-0.05, 0) is 55.2 Å². The summed E-state index contributed by atoms with van der Waals surface area (Å²) in [5.41, 5.74) is 4.29. The van der Waals surface area contributed by atoms with Crippen molar-refractivity contribution in [3.05, 3.63) is 48.7 Å². The summed E-state index contributed by atoms with van der Waals surface area (Å²) in [6, 6.07) is 13.9. The Balaban J connectivity index is 0.00000141. The Morgan fingerprint density at radius 1 is 1.15 bits per heavy atom. The quantitative estimate of drug-likeness (QED) is 0.134. The summed E-state index contributed by atoms with van der Waals surface area (Å²) in [6.45, 7) is 6.50. The molecule has 1 amide bonds. The molecule has 0 spiro atoms. The second-order valence-electron chi connectivity index (χ2n) is 9.65. The molecule has 2 heterocycles. The molecule has 1 fully saturated rings. The van der Waals surface area contributed by atoms with Crippen molar-refractivity contribution in [2.24, 2.45) is 0 Å². The second kappa shape index (κ2) is 14.2. The van der Waals surface area contributed by atoms with Gasteiger partial charge in [0.1, 0.15) is 5.75 Å². The molecule has 1 atom stereocenters. The molecule has 1 saturated heterocycles. The zero-order valence-corrected chi connectivity index (χ0v) is 23.5. The van der Waals surface area contributed by atoms with E-state index < -0.39 is 20.5 Å². The monoisotopic (exact) mass is 576 g/mol. The highest BCUT2D eigenvalue weighted by atomic mass is 32.2. The number of fused-ring (bicyclic) bond motifs is 1. The van der Waals surface area contributed by atoms with Crippen LogP contribution in [0.2, 0.25) is 0 Å². The number of carbonyl (C=O) groups excluding carboxylic acids is 1. The second-order valence-corrected chi connectivity index (χ2v) is 12.1. The smallest absolute Gasteiger partial charge is 0.290 e. The van der Waals surface area contributed by atoms with Crippen molar-refractivity contribution < 1.29 is 37.8 Å². The van der Waals surface area contributed by atoms with E-state index in [1.54, 1.807) is 4.68 Å². The third kappa shape index (κ3) is 8.01. The fraction of sp³-hybridized carbons (Fsp3) is 0.444. The molecular weight excluding hydrogens is 540 g/mol. The number of hydrogen-bond donors (Lipinski definition) is 3. The fourth-order valence-electron chi connectivity index (χ4n) is 4.33. The predicted molar refractivity (Wildman–Crippen MR) is 149 cm³/mol. The summed E-state index contributed by atoms with van der Waals surface area (Å²) >= 11 is 0. The lowest BCUT2D eigenvalue weighted by Crippen LogP contribution is -2.49. The molecule has 3 N–H and O–H groups in total. The van der Waals surface area contributed by atoms with Crippen LogP contribution in [0.4, 0.5) is 0 Å². The molecule has 218 valence electrons. The number of morpholine rings is 1. The zero-order chi connectivity index (χ0) is 29.2. The first-order valence-corrected chi connectivity index (χ1v) is 14.7. The molecule has 0 radical (unpaired) electrons. The lowest BCUT2D eigenvalue weighted by molar-refractivity contribution is -0.131. The van der Waals surface area contributed by atoms with Crippen molar-refractivity contribution in [2.45, 2.75) is 31.1 Å². The molecule has 2 aromatic carbocycles. The van der Waals surface area contributed by atoms with E-state index in [0.717, 1.165) is 73.3 Å². The highest BCUT2D eigenvalue weighted by molar-refractivity contribution is 7.92. The van der Waals surface area contributed by atoms with Crippen molar-refractivity contribution in [1.29, 1.82) is 0 Å². The van der Waals surface area contributed by atoms with Gasteiger partial charge in [0.15, 0.2) is 14.6 Å². The number of carboxylic acid groups (broad SMARTS) is 1. The lowest BCUT2D eigenvalue weighted by atomic mass is 10.0. The molecule has 1 aliphatic heterocycles. The van der Waals surface area contributed by atoms with Gasteiger partial charge < -0.3 is 14.6 Å². The summed E-state index contributed by atoms with van der Waals surface area (Å²) in [7, 11) is -3.77. The molecule has 13 heteroatoms. The molecule has 12 nitrogen and oxygen atoms in total. The van der Waals surface area contributed by atoms with E-state index in [-0.39, 0.29) is 19.4 Å². The summed E-state index contributed by atoms with van der Waals surface area (Å²) in [4.78, 5) is 22.8. The minimum atomic E-state index is -3.77. The Kier molecular flexibility index (Phi) is 11.0. The maximum atomic E-state index is 12.2.